The summed E-state index contributed by atoms with van der Waals surface area (Å²) in [4.78, 5) is 58.1. The Morgan fingerprint density at radius 1 is 0.871 bits per heavy atom. The van der Waals surface area contributed by atoms with E-state index in [1.54, 1.807) is 0 Å². The predicted molar refractivity (Wildman–Crippen MR) is 107 cm³/mol. The van der Waals surface area contributed by atoms with Crippen molar-refractivity contribution in [2.24, 2.45) is 11.5 Å². The zero-order chi connectivity index (χ0) is 23.6. The second-order valence-corrected chi connectivity index (χ2v) is 6.88. The van der Waals surface area contributed by atoms with Crippen molar-refractivity contribution in [3.05, 3.63) is 29.8 Å². The monoisotopic (exact) mass is 438 g/mol. The van der Waals surface area contributed by atoms with Crippen molar-refractivity contribution < 1.29 is 39.3 Å². The highest BCUT2D eigenvalue weighted by Gasteiger charge is 2.28. The van der Waals surface area contributed by atoms with Gasteiger partial charge >= 0.3 is 11.9 Å². The molecule has 0 aliphatic heterocycles. The Morgan fingerprint density at radius 3 is 1.97 bits per heavy atom. The summed E-state index contributed by atoms with van der Waals surface area (Å²) in [6.07, 6.45) is -1.11. The first-order valence-corrected chi connectivity index (χ1v) is 9.36. The highest BCUT2D eigenvalue weighted by Crippen LogP contribution is 2.12. The van der Waals surface area contributed by atoms with Gasteiger partial charge in [-0.1, -0.05) is 12.1 Å². The van der Waals surface area contributed by atoms with Crippen molar-refractivity contribution in [3.8, 4) is 5.75 Å². The van der Waals surface area contributed by atoms with Crippen LogP contribution in [0, 0.1) is 0 Å². The molecule has 1 aromatic carbocycles. The number of carboxylic acids is 2. The van der Waals surface area contributed by atoms with Gasteiger partial charge in [-0.15, -0.1) is 0 Å². The van der Waals surface area contributed by atoms with E-state index in [-0.39, 0.29) is 37.9 Å². The number of nitrogens with one attached hydrogen (secondary N) is 2. The quantitative estimate of drug-likeness (QED) is 0.189. The molecule has 0 spiro atoms. The summed E-state index contributed by atoms with van der Waals surface area (Å²) >= 11 is 0. The fraction of sp³-hybridized carbons (Fsp3) is 0.421. The average molecular weight is 438 g/mol. The molecule has 3 amide bonds. The molecule has 9 N–H and O–H groups in total. The molecule has 170 valence electrons. The Kier molecular flexibility index (Phi) is 9.92. The highest BCUT2D eigenvalue weighted by atomic mass is 16.4. The third-order valence-electron chi connectivity index (χ3n) is 4.31. The van der Waals surface area contributed by atoms with Crippen molar-refractivity contribution >= 4 is 29.7 Å². The Balaban J connectivity index is 2.86. The summed E-state index contributed by atoms with van der Waals surface area (Å²) in [6.45, 7) is 0. The van der Waals surface area contributed by atoms with E-state index in [0.29, 0.717) is 5.56 Å². The molecule has 12 heteroatoms. The van der Waals surface area contributed by atoms with Crippen molar-refractivity contribution in [2.75, 3.05) is 0 Å². The highest BCUT2D eigenvalue weighted by molar-refractivity contribution is 5.92. The molecule has 0 radical (unpaired) electrons. The van der Waals surface area contributed by atoms with Crippen LogP contribution >= 0.6 is 0 Å². The second-order valence-electron chi connectivity index (χ2n) is 6.88. The van der Waals surface area contributed by atoms with Gasteiger partial charge in [-0.3, -0.25) is 19.2 Å². The maximum Gasteiger partial charge on any atom is 0.326 e. The molecule has 31 heavy (non-hydrogen) atoms. The molecule has 0 saturated carbocycles. The minimum absolute atomic E-state index is 0.00637. The number of hydrogen-bond donors (Lipinski definition) is 7. The lowest BCUT2D eigenvalue weighted by molar-refractivity contribution is -0.142. The number of primary amides is 1. The van der Waals surface area contributed by atoms with Crippen molar-refractivity contribution in [1.82, 2.24) is 10.6 Å². The van der Waals surface area contributed by atoms with Crippen molar-refractivity contribution in [1.29, 1.82) is 0 Å². The van der Waals surface area contributed by atoms with Crippen LogP contribution in [0.5, 0.6) is 5.75 Å². The lowest BCUT2D eigenvalue weighted by atomic mass is 10.0. The van der Waals surface area contributed by atoms with Crippen LogP contribution in [0.1, 0.15) is 31.2 Å². The van der Waals surface area contributed by atoms with Crippen LogP contribution in [0.4, 0.5) is 0 Å². The number of aliphatic carboxylic acids is 2. The molecule has 0 fully saturated rings. The first-order chi connectivity index (χ1) is 14.5. The second kappa shape index (κ2) is 12.1. The Labute approximate surface area is 177 Å². The van der Waals surface area contributed by atoms with Crippen LogP contribution in [-0.2, 0) is 30.4 Å². The SMILES string of the molecule is NC(=O)CCC(NC(=O)C(N)CCC(=O)O)C(=O)NC(Cc1ccc(O)cc1)C(=O)O. The minimum Gasteiger partial charge on any atom is -0.508 e. The van der Waals surface area contributed by atoms with Crippen LogP contribution < -0.4 is 22.1 Å². The van der Waals surface area contributed by atoms with E-state index in [1.165, 1.54) is 24.3 Å². The number of carbonyl (C=O) groups is 5. The zero-order valence-corrected chi connectivity index (χ0v) is 16.6. The molecular weight excluding hydrogens is 412 g/mol. The van der Waals surface area contributed by atoms with Crippen LogP contribution in [0.3, 0.4) is 0 Å². The number of benzene rings is 1. The maximum absolute atomic E-state index is 12.6. The average Bonchev–Trinajstić information content (AvgIpc) is 2.69. The number of phenolic OH excluding ortho intramolecular Hbond substituents is 1. The molecule has 3 atom stereocenters. The van der Waals surface area contributed by atoms with E-state index in [1.807, 2.05) is 0 Å². The minimum atomic E-state index is -1.36. The molecule has 0 aliphatic rings. The van der Waals surface area contributed by atoms with Crippen LogP contribution in [0.2, 0.25) is 0 Å². The fourth-order valence-corrected chi connectivity index (χ4v) is 2.58. The van der Waals surface area contributed by atoms with Crippen LogP contribution in [0.25, 0.3) is 0 Å². The fourth-order valence-electron chi connectivity index (χ4n) is 2.58. The van der Waals surface area contributed by atoms with Gasteiger partial charge in [0.2, 0.25) is 17.7 Å². The molecule has 0 heterocycles. The van der Waals surface area contributed by atoms with Gasteiger partial charge < -0.3 is 37.4 Å². The lowest BCUT2D eigenvalue weighted by Gasteiger charge is -2.22. The lowest BCUT2D eigenvalue weighted by Crippen LogP contribution is -2.55. The van der Waals surface area contributed by atoms with Gasteiger partial charge in [-0.25, -0.2) is 4.79 Å². The van der Waals surface area contributed by atoms with Crippen LogP contribution in [-0.4, -0.2) is 63.1 Å². The standard InChI is InChI=1S/C19H26N4O8/c20-12(5-8-16(26)27)17(28)22-13(6-7-15(21)25)18(29)23-14(19(30)31)9-10-1-3-11(24)4-2-10/h1-4,12-14,24H,5-9,20H2,(H2,21,25)(H,22,28)(H,23,29)(H,26,27)(H,30,31). The zero-order valence-electron chi connectivity index (χ0n) is 16.6. The third-order valence-corrected chi connectivity index (χ3v) is 4.31. The summed E-state index contributed by atoms with van der Waals surface area (Å²) < 4.78 is 0. The Morgan fingerprint density at radius 2 is 1.45 bits per heavy atom. The number of rotatable bonds is 13. The van der Waals surface area contributed by atoms with Crippen molar-refractivity contribution in [2.45, 2.75) is 50.2 Å². The number of phenols is 1. The van der Waals surface area contributed by atoms with Gasteiger partial charge in [-0.05, 0) is 30.5 Å². The molecule has 0 aromatic heterocycles. The molecule has 0 saturated heterocycles. The number of amides is 3. The molecule has 1 aromatic rings. The first-order valence-electron chi connectivity index (χ1n) is 9.36. The van der Waals surface area contributed by atoms with Gasteiger partial charge in [0.15, 0.2) is 0 Å². The van der Waals surface area contributed by atoms with E-state index in [2.05, 4.69) is 10.6 Å². The summed E-state index contributed by atoms with van der Waals surface area (Å²) in [5.41, 5.74) is 11.2. The van der Waals surface area contributed by atoms with Crippen LogP contribution in [0.15, 0.2) is 24.3 Å². The Bertz CT molecular complexity index is 812. The third kappa shape index (κ3) is 9.58. The first kappa shape index (κ1) is 25.4. The van der Waals surface area contributed by atoms with Gasteiger partial charge in [0.25, 0.3) is 0 Å². The molecule has 12 nitrogen and oxygen atoms in total. The van der Waals surface area contributed by atoms with E-state index < -0.39 is 47.8 Å². The summed E-state index contributed by atoms with van der Waals surface area (Å²) in [6, 6.07) is 1.83. The number of nitrogens with two attached hydrogens (primary N) is 2. The van der Waals surface area contributed by atoms with E-state index in [9.17, 15) is 34.2 Å². The van der Waals surface area contributed by atoms with Crippen molar-refractivity contribution in [3.63, 3.8) is 0 Å². The van der Waals surface area contributed by atoms with E-state index in [0.717, 1.165) is 0 Å². The topological polar surface area (TPSA) is 222 Å². The van der Waals surface area contributed by atoms with E-state index >= 15 is 0 Å². The molecule has 0 bridgehead atoms. The molecular formula is C19H26N4O8. The number of carbonyl (C=O) groups excluding carboxylic acids is 3. The van der Waals surface area contributed by atoms with Gasteiger partial charge in [0, 0.05) is 19.3 Å². The van der Waals surface area contributed by atoms with E-state index in [4.69, 9.17) is 16.6 Å². The largest absolute Gasteiger partial charge is 0.508 e. The normalized spacial score (nSPS) is 13.5. The molecule has 3 unspecified atom stereocenters. The maximum atomic E-state index is 12.6. The van der Waals surface area contributed by atoms with Gasteiger partial charge in [0.05, 0.1) is 6.04 Å². The molecule has 1 rings (SSSR count). The predicted octanol–water partition coefficient (Wildman–Crippen LogP) is -1.55. The van der Waals surface area contributed by atoms with Gasteiger partial charge in [-0.2, -0.15) is 0 Å². The number of aromatic hydroxyl groups is 1. The number of hydrogen-bond acceptors (Lipinski definition) is 7. The number of carboxylic acid groups (broad SMARTS) is 2. The molecule has 0 aliphatic carbocycles. The van der Waals surface area contributed by atoms with Gasteiger partial charge in [0.1, 0.15) is 17.8 Å². The Hall–Kier alpha value is -3.67. The summed E-state index contributed by atoms with van der Waals surface area (Å²) in [7, 11) is 0. The summed E-state index contributed by atoms with van der Waals surface area (Å²) in [5, 5.41) is 32.0. The summed E-state index contributed by atoms with van der Waals surface area (Å²) in [5.74, 6) is -4.92. The smallest absolute Gasteiger partial charge is 0.326 e.